The van der Waals surface area contributed by atoms with Crippen molar-refractivity contribution < 1.29 is 13.5 Å². The third-order valence-corrected chi connectivity index (χ3v) is 4.71. The number of hydrogen-bond acceptors (Lipinski definition) is 3. The van der Waals surface area contributed by atoms with Gasteiger partial charge in [-0.05, 0) is 42.7 Å². The molecule has 124 valence electrons. The molecule has 7 heteroatoms. The van der Waals surface area contributed by atoms with Gasteiger partial charge in [0.15, 0.2) is 5.11 Å². The van der Waals surface area contributed by atoms with Crippen LogP contribution in [0.5, 0.6) is 0 Å². The fourth-order valence-electron chi connectivity index (χ4n) is 2.16. The van der Waals surface area contributed by atoms with Crippen molar-refractivity contribution in [1.29, 1.82) is 0 Å². The predicted molar refractivity (Wildman–Crippen MR) is 93.9 cm³/mol. The maximum Gasteiger partial charge on any atom is 0.174 e. The Labute approximate surface area is 143 Å². The van der Waals surface area contributed by atoms with Crippen molar-refractivity contribution in [3.8, 4) is 0 Å². The van der Waals surface area contributed by atoms with Crippen molar-refractivity contribution in [2.24, 2.45) is 0 Å². The van der Waals surface area contributed by atoms with E-state index < -0.39 is 11.6 Å². The lowest BCUT2D eigenvalue weighted by molar-refractivity contribution is 0.166. The lowest BCUT2D eigenvalue weighted by Crippen LogP contribution is -2.38. The van der Waals surface area contributed by atoms with Gasteiger partial charge in [-0.3, -0.25) is 0 Å². The Balaban J connectivity index is 2.15. The Bertz CT molecular complexity index is 629. The first-order valence-corrected chi connectivity index (χ1v) is 8.36. The minimum Gasteiger partial charge on any atom is -0.383 e. The van der Waals surface area contributed by atoms with Gasteiger partial charge in [-0.1, -0.05) is 6.07 Å². The molecule has 2 aromatic rings. The number of rotatable bonds is 6. The van der Waals surface area contributed by atoms with Crippen LogP contribution in [0.25, 0.3) is 0 Å². The molecule has 3 nitrogen and oxygen atoms in total. The number of nitrogens with zero attached hydrogens (tertiary/aromatic N) is 1. The van der Waals surface area contributed by atoms with Crippen molar-refractivity contribution in [2.75, 3.05) is 25.6 Å². The summed E-state index contributed by atoms with van der Waals surface area (Å²) in [5.41, 5.74) is 0.285. The van der Waals surface area contributed by atoms with Crippen LogP contribution in [-0.2, 0) is 4.74 Å². The lowest BCUT2D eigenvalue weighted by Gasteiger charge is -2.31. The highest BCUT2D eigenvalue weighted by molar-refractivity contribution is 7.80. The third kappa shape index (κ3) is 4.95. The monoisotopic (exact) mass is 356 g/mol. The van der Waals surface area contributed by atoms with E-state index in [1.54, 1.807) is 18.4 Å². The highest BCUT2D eigenvalue weighted by Gasteiger charge is 2.19. The summed E-state index contributed by atoms with van der Waals surface area (Å²) in [4.78, 5) is 3.09. The predicted octanol–water partition coefficient (Wildman–Crippen LogP) is 4.43. The van der Waals surface area contributed by atoms with Crippen LogP contribution < -0.4 is 5.32 Å². The highest BCUT2D eigenvalue weighted by atomic mass is 32.1. The molecule has 1 atom stereocenters. The normalized spacial score (nSPS) is 12.0. The van der Waals surface area contributed by atoms with Crippen LogP contribution >= 0.6 is 23.6 Å². The first kappa shape index (κ1) is 17.8. The molecule has 23 heavy (non-hydrogen) atoms. The number of hydrogen-bond donors (Lipinski definition) is 1. The topological polar surface area (TPSA) is 24.5 Å². The number of thiocarbonyl (C=S) groups is 1. The molecule has 1 aromatic carbocycles. The largest absolute Gasteiger partial charge is 0.383 e. The number of halogens is 2. The second kappa shape index (κ2) is 8.33. The highest BCUT2D eigenvalue weighted by Crippen LogP contribution is 2.25. The zero-order chi connectivity index (χ0) is 16.8. The molecule has 0 bridgehead atoms. The molecule has 0 aliphatic carbocycles. The van der Waals surface area contributed by atoms with E-state index in [1.165, 1.54) is 12.1 Å². The molecule has 1 unspecified atom stereocenters. The van der Waals surface area contributed by atoms with Gasteiger partial charge in [0, 0.05) is 30.3 Å². The SMILES string of the molecule is COCCN(C(=S)Nc1cc(F)cc(F)c1)C(C)c1cccs1. The average molecular weight is 356 g/mol. The fourth-order valence-corrected chi connectivity index (χ4v) is 3.33. The average Bonchev–Trinajstić information content (AvgIpc) is 3.00. The molecule has 0 aliphatic rings. The van der Waals surface area contributed by atoms with E-state index in [-0.39, 0.29) is 11.7 Å². The van der Waals surface area contributed by atoms with E-state index in [9.17, 15) is 8.78 Å². The van der Waals surface area contributed by atoms with Crippen molar-refractivity contribution in [3.05, 3.63) is 52.2 Å². The van der Waals surface area contributed by atoms with Gasteiger partial charge in [-0.2, -0.15) is 0 Å². The Kier molecular flexibility index (Phi) is 6.44. The number of ether oxygens (including phenoxy) is 1. The number of nitrogens with one attached hydrogen (secondary N) is 1. The minimum absolute atomic E-state index is 0.0311. The van der Waals surface area contributed by atoms with E-state index in [4.69, 9.17) is 17.0 Å². The van der Waals surface area contributed by atoms with Crippen molar-refractivity contribution >= 4 is 34.4 Å². The minimum atomic E-state index is -0.648. The van der Waals surface area contributed by atoms with Crippen LogP contribution in [0.3, 0.4) is 0 Å². The van der Waals surface area contributed by atoms with E-state index in [0.717, 1.165) is 10.9 Å². The molecule has 0 fully saturated rings. The van der Waals surface area contributed by atoms with E-state index in [2.05, 4.69) is 5.32 Å². The second-order valence-electron chi connectivity index (χ2n) is 4.97. The first-order chi connectivity index (χ1) is 11.0. The Morgan fingerprint density at radius 3 is 2.61 bits per heavy atom. The van der Waals surface area contributed by atoms with Crippen LogP contribution in [0.4, 0.5) is 14.5 Å². The van der Waals surface area contributed by atoms with E-state index in [0.29, 0.717) is 18.3 Å². The van der Waals surface area contributed by atoms with Gasteiger partial charge in [0.2, 0.25) is 0 Å². The molecular weight excluding hydrogens is 338 g/mol. The van der Waals surface area contributed by atoms with Gasteiger partial charge in [-0.25, -0.2) is 8.78 Å². The van der Waals surface area contributed by atoms with Gasteiger partial charge in [0.1, 0.15) is 11.6 Å². The fraction of sp³-hybridized carbons (Fsp3) is 0.312. The molecule has 0 radical (unpaired) electrons. The van der Waals surface area contributed by atoms with Gasteiger partial charge >= 0.3 is 0 Å². The van der Waals surface area contributed by atoms with Crippen LogP contribution in [0, 0.1) is 11.6 Å². The van der Waals surface area contributed by atoms with Crippen LogP contribution in [0.1, 0.15) is 17.8 Å². The molecule has 1 aromatic heterocycles. The van der Waals surface area contributed by atoms with Gasteiger partial charge in [0.05, 0.1) is 12.6 Å². The summed E-state index contributed by atoms with van der Waals surface area (Å²) in [7, 11) is 1.62. The van der Waals surface area contributed by atoms with Crippen LogP contribution in [0.15, 0.2) is 35.7 Å². The maximum atomic E-state index is 13.3. The standard InChI is InChI=1S/C16H18F2N2OS2/c1-11(15-4-3-7-23-15)20(5-6-21-2)16(22)19-14-9-12(17)8-13(18)10-14/h3-4,7-11H,5-6H2,1-2H3,(H,19,22). The van der Waals surface area contributed by atoms with Crippen molar-refractivity contribution in [2.45, 2.75) is 13.0 Å². The zero-order valence-corrected chi connectivity index (χ0v) is 14.5. The lowest BCUT2D eigenvalue weighted by atomic mass is 10.2. The summed E-state index contributed by atoms with van der Waals surface area (Å²) in [5.74, 6) is -1.30. The van der Waals surface area contributed by atoms with E-state index in [1.807, 2.05) is 29.3 Å². The van der Waals surface area contributed by atoms with Crippen molar-refractivity contribution in [1.82, 2.24) is 4.90 Å². The quantitative estimate of drug-likeness (QED) is 0.774. The molecule has 2 rings (SSSR count). The number of methoxy groups -OCH3 is 1. The van der Waals surface area contributed by atoms with E-state index >= 15 is 0 Å². The number of thiophene rings is 1. The summed E-state index contributed by atoms with van der Waals surface area (Å²) in [6.07, 6.45) is 0. The summed E-state index contributed by atoms with van der Waals surface area (Å²) in [5, 5.41) is 5.30. The van der Waals surface area contributed by atoms with Gasteiger partial charge < -0.3 is 15.0 Å². The first-order valence-electron chi connectivity index (χ1n) is 7.07. The summed E-state index contributed by atoms with van der Waals surface area (Å²) in [6.45, 7) is 3.09. The second-order valence-corrected chi connectivity index (χ2v) is 6.33. The van der Waals surface area contributed by atoms with Crippen LogP contribution in [0.2, 0.25) is 0 Å². The molecule has 0 spiro atoms. The zero-order valence-electron chi connectivity index (χ0n) is 12.9. The molecule has 0 saturated heterocycles. The molecule has 0 amide bonds. The Hall–Kier alpha value is -1.57. The molecular formula is C16H18F2N2OS2. The maximum absolute atomic E-state index is 13.3. The summed E-state index contributed by atoms with van der Waals surface area (Å²) >= 11 is 7.06. The molecule has 1 N–H and O–H groups in total. The number of anilines is 1. The van der Waals surface area contributed by atoms with Crippen molar-refractivity contribution in [3.63, 3.8) is 0 Å². The molecule has 0 saturated carbocycles. The Morgan fingerprint density at radius 2 is 2.04 bits per heavy atom. The Morgan fingerprint density at radius 1 is 1.35 bits per heavy atom. The number of benzene rings is 1. The summed E-state index contributed by atoms with van der Waals surface area (Å²) in [6, 6.07) is 7.27. The molecule has 1 heterocycles. The van der Waals surface area contributed by atoms with Gasteiger partial charge in [-0.15, -0.1) is 11.3 Å². The van der Waals surface area contributed by atoms with Crippen LogP contribution in [-0.4, -0.2) is 30.3 Å². The third-order valence-electron chi connectivity index (χ3n) is 3.33. The smallest absolute Gasteiger partial charge is 0.174 e. The summed E-state index contributed by atoms with van der Waals surface area (Å²) < 4.78 is 31.8. The van der Waals surface area contributed by atoms with Gasteiger partial charge in [0.25, 0.3) is 0 Å². The molecule has 0 aliphatic heterocycles.